The highest BCUT2D eigenvalue weighted by atomic mass is 32.1. The van der Waals surface area contributed by atoms with E-state index in [-0.39, 0.29) is 5.82 Å². The smallest absolute Gasteiger partial charge is 0.146 e. The summed E-state index contributed by atoms with van der Waals surface area (Å²) >= 11 is 1.54. The molecular formula is C12H14FN3S. The highest BCUT2D eigenvalue weighted by Gasteiger charge is 2.09. The van der Waals surface area contributed by atoms with Gasteiger partial charge in [-0.15, -0.1) is 11.3 Å². The van der Waals surface area contributed by atoms with Gasteiger partial charge in [0.05, 0.1) is 23.4 Å². The minimum atomic E-state index is -0.245. The van der Waals surface area contributed by atoms with Crippen molar-refractivity contribution in [2.24, 2.45) is 5.73 Å². The van der Waals surface area contributed by atoms with Crippen LogP contribution in [0.5, 0.6) is 0 Å². The van der Waals surface area contributed by atoms with Crippen molar-refractivity contribution < 1.29 is 4.39 Å². The van der Waals surface area contributed by atoms with Gasteiger partial charge in [0.25, 0.3) is 0 Å². The van der Waals surface area contributed by atoms with E-state index in [9.17, 15) is 4.39 Å². The molecule has 0 aliphatic rings. The summed E-state index contributed by atoms with van der Waals surface area (Å²) in [5, 5.41) is 1.96. The molecule has 0 fully saturated rings. The first kappa shape index (κ1) is 12.0. The van der Waals surface area contributed by atoms with Crippen LogP contribution in [0.25, 0.3) is 0 Å². The van der Waals surface area contributed by atoms with Gasteiger partial charge in [-0.1, -0.05) is 6.07 Å². The molecule has 5 heteroatoms. The van der Waals surface area contributed by atoms with E-state index < -0.39 is 0 Å². The molecule has 0 unspecified atom stereocenters. The minimum absolute atomic E-state index is 0.245. The number of hydrogen-bond donors (Lipinski definition) is 1. The molecule has 0 radical (unpaired) electrons. The van der Waals surface area contributed by atoms with Crippen LogP contribution in [-0.2, 0) is 13.1 Å². The van der Waals surface area contributed by atoms with Gasteiger partial charge < -0.3 is 10.6 Å². The second-order valence-electron chi connectivity index (χ2n) is 3.83. The Balaban J connectivity index is 2.16. The number of hydrogen-bond acceptors (Lipinski definition) is 4. The van der Waals surface area contributed by atoms with Crippen molar-refractivity contribution in [3.05, 3.63) is 46.2 Å². The third-order valence-electron chi connectivity index (χ3n) is 2.54. The molecule has 2 aromatic rings. The first-order chi connectivity index (χ1) is 8.20. The van der Waals surface area contributed by atoms with Crippen molar-refractivity contribution >= 4 is 17.0 Å². The van der Waals surface area contributed by atoms with E-state index in [4.69, 9.17) is 5.73 Å². The fourth-order valence-electron chi connectivity index (χ4n) is 1.63. The Morgan fingerprint density at radius 2 is 2.29 bits per heavy atom. The van der Waals surface area contributed by atoms with Crippen molar-refractivity contribution in [1.29, 1.82) is 0 Å². The average Bonchev–Trinajstić information content (AvgIpc) is 2.81. The lowest BCUT2D eigenvalue weighted by molar-refractivity contribution is 0.619. The summed E-state index contributed by atoms with van der Waals surface area (Å²) in [5.74, 6) is -0.245. The summed E-state index contributed by atoms with van der Waals surface area (Å²) in [4.78, 5) is 6.02. The molecule has 1 aromatic heterocycles. The van der Waals surface area contributed by atoms with E-state index in [0.717, 1.165) is 11.3 Å². The lowest BCUT2D eigenvalue weighted by Gasteiger charge is -2.19. The Morgan fingerprint density at radius 3 is 2.88 bits per heavy atom. The predicted octanol–water partition coefficient (Wildman–Crippen LogP) is 2.38. The number of nitrogens with two attached hydrogens (primary N) is 1. The van der Waals surface area contributed by atoms with Gasteiger partial charge in [0.1, 0.15) is 5.82 Å². The van der Waals surface area contributed by atoms with E-state index in [1.807, 2.05) is 23.4 Å². The molecule has 0 saturated carbocycles. The fraction of sp³-hybridized carbons (Fsp3) is 0.250. The number of nitrogens with zero attached hydrogens (tertiary/aromatic N) is 2. The molecule has 3 nitrogen and oxygen atoms in total. The van der Waals surface area contributed by atoms with Crippen LogP contribution >= 0.6 is 11.3 Å². The standard InChI is InChI=1S/C12H14FN3S/c1-16(6-10-7-17-8-15-10)12-3-2-9(5-14)4-11(12)13/h2-4,7-8H,5-6,14H2,1H3. The molecule has 0 saturated heterocycles. The predicted molar refractivity (Wildman–Crippen MR) is 68.5 cm³/mol. The molecule has 1 aromatic carbocycles. The van der Waals surface area contributed by atoms with Crippen LogP contribution in [0.15, 0.2) is 29.1 Å². The molecule has 0 amide bonds. The summed E-state index contributed by atoms with van der Waals surface area (Å²) in [7, 11) is 1.85. The number of anilines is 1. The van der Waals surface area contributed by atoms with Gasteiger partial charge in [-0.05, 0) is 17.7 Å². The van der Waals surface area contributed by atoms with Crippen LogP contribution < -0.4 is 10.6 Å². The highest BCUT2D eigenvalue weighted by Crippen LogP contribution is 2.21. The van der Waals surface area contributed by atoms with E-state index in [1.165, 1.54) is 17.4 Å². The maximum atomic E-state index is 13.8. The third-order valence-corrected chi connectivity index (χ3v) is 3.18. The number of aromatic nitrogens is 1. The number of thiazole rings is 1. The highest BCUT2D eigenvalue weighted by molar-refractivity contribution is 7.07. The zero-order valence-electron chi connectivity index (χ0n) is 9.56. The van der Waals surface area contributed by atoms with Crippen molar-refractivity contribution in [3.63, 3.8) is 0 Å². The second kappa shape index (κ2) is 5.25. The van der Waals surface area contributed by atoms with Crippen LogP contribution in [-0.4, -0.2) is 12.0 Å². The zero-order valence-corrected chi connectivity index (χ0v) is 10.4. The number of benzene rings is 1. The van der Waals surface area contributed by atoms with Crippen molar-refractivity contribution in [2.45, 2.75) is 13.1 Å². The zero-order chi connectivity index (χ0) is 12.3. The van der Waals surface area contributed by atoms with Gasteiger partial charge in [-0.25, -0.2) is 9.37 Å². The fourth-order valence-corrected chi connectivity index (χ4v) is 2.18. The summed E-state index contributed by atoms with van der Waals surface area (Å²) in [6, 6.07) is 5.08. The second-order valence-corrected chi connectivity index (χ2v) is 4.54. The topological polar surface area (TPSA) is 42.2 Å². The van der Waals surface area contributed by atoms with Crippen molar-refractivity contribution in [1.82, 2.24) is 4.98 Å². The Bertz CT molecular complexity index is 485. The Labute approximate surface area is 104 Å². The number of rotatable bonds is 4. The Kier molecular flexibility index (Phi) is 3.71. The summed E-state index contributed by atoms with van der Waals surface area (Å²) in [5.41, 5.74) is 9.55. The lowest BCUT2D eigenvalue weighted by atomic mass is 10.2. The molecule has 0 aliphatic heterocycles. The Morgan fingerprint density at radius 1 is 1.47 bits per heavy atom. The third kappa shape index (κ3) is 2.81. The Hall–Kier alpha value is -1.46. The van der Waals surface area contributed by atoms with E-state index >= 15 is 0 Å². The van der Waals surface area contributed by atoms with Crippen LogP contribution in [0.2, 0.25) is 0 Å². The van der Waals surface area contributed by atoms with Gasteiger partial charge >= 0.3 is 0 Å². The van der Waals surface area contributed by atoms with Crippen molar-refractivity contribution in [3.8, 4) is 0 Å². The van der Waals surface area contributed by atoms with Gasteiger partial charge in [-0.3, -0.25) is 0 Å². The summed E-state index contributed by atoms with van der Waals surface area (Å²) in [6.07, 6.45) is 0. The molecule has 17 heavy (non-hydrogen) atoms. The van der Waals surface area contributed by atoms with Gasteiger partial charge in [0, 0.05) is 19.0 Å². The molecule has 1 heterocycles. The van der Waals surface area contributed by atoms with Crippen LogP contribution in [0.1, 0.15) is 11.3 Å². The van der Waals surface area contributed by atoms with Crippen LogP contribution in [0.4, 0.5) is 10.1 Å². The monoisotopic (exact) mass is 251 g/mol. The largest absolute Gasteiger partial charge is 0.366 e. The molecule has 0 atom stereocenters. The first-order valence-electron chi connectivity index (χ1n) is 5.27. The normalized spacial score (nSPS) is 10.5. The quantitative estimate of drug-likeness (QED) is 0.907. The lowest BCUT2D eigenvalue weighted by Crippen LogP contribution is -2.18. The van der Waals surface area contributed by atoms with Gasteiger partial charge in [0.2, 0.25) is 0 Å². The van der Waals surface area contributed by atoms with Gasteiger partial charge in [-0.2, -0.15) is 0 Å². The molecule has 0 spiro atoms. The molecular weight excluding hydrogens is 237 g/mol. The summed E-state index contributed by atoms with van der Waals surface area (Å²) in [6.45, 7) is 0.954. The average molecular weight is 251 g/mol. The summed E-state index contributed by atoms with van der Waals surface area (Å²) < 4.78 is 13.8. The van der Waals surface area contributed by atoms with Gasteiger partial charge in [0.15, 0.2) is 0 Å². The van der Waals surface area contributed by atoms with E-state index in [2.05, 4.69) is 4.98 Å². The van der Waals surface area contributed by atoms with Crippen molar-refractivity contribution in [2.75, 3.05) is 11.9 Å². The van der Waals surface area contributed by atoms with Crippen LogP contribution in [0, 0.1) is 5.82 Å². The minimum Gasteiger partial charge on any atom is -0.366 e. The first-order valence-corrected chi connectivity index (χ1v) is 6.21. The molecule has 90 valence electrons. The molecule has 0 aliphatic carbocycles. The maximum Gasteiger partial charge on any atom is 0.146 e. The number of halogens is 1. The molecule has 0 bridgehead atoms. The molecule has 2 rings (SSSR count). The van der Waals surface area contributed by atoms with E-state index in [0.29, 0.717) is 18.8 Å². The molecule has 2 N–H and O–H groups in total. The van der Waals surface area contributed by atoms with E-state index in [1.54, 1.807) is 11.6 Å². The maximum absolute atomic E-state index is 13.8. The van der Waals surface area contributed by atoms with Crippen LogP contribution in [0.3, 0.4) is 0 Å². The SMILES string of the molecule is CN(Cc1cscn1)c1ccc(CN)cc1F.